The van der Waals surface area contributed by atoms with E-state index in [9.17, 15) is 52.7 Å². The second-order valence-corrected chi connectivity index (χ2v) is 11.1. The summed E-state index contributed by atoms with van der Waals surface area (Å²) in [6.45, 7) is 0. The quantitative estimate of drug-likeness (QED) is 0.173. The Morgan fingerprint density at radius 3 is 0.857 bits per heavy atom. The van der Waals surface area contributed by atoms with Gasteiger partial charge in [0.1, 0.15) is 0 Å². The SMILES string of the molecule is FC(F)(F)c1cc(N=CC=Nc2cc(C(F)(F)F)cc(C(F)(F)F)c2)cc(C(F)(F)F)c1.[Br][Ni][Br]. The summed E-state index contributed by atoms with van der Waals surface area (Å²) in [5.74, 6) is 0. The van der Waals surface area contributed by atoms with Crippen molar-refractivity contribution in [2.24, 2.45) is 9.98 Å². The first-order chi connectivity index (χ1) is 15.8. The number of alkyl halides is 12. The van der Waals surface area contributed by atoms with Crippen molar-refractivity contribution in [1.82, 2.24) is 0 Å². The third-order valence-corrected chi connectivity index (χ3v) is 3.66. The zero-order valence-electron chi connectivity index (χ0n) is 16.1. The molecule has 0 heterocycles. The van der Waals surface area contributed by atoms with E-state index in [1.54, 1.807) is 0 Å². The Bertz CT molecular complexity index is 909. The van der Waals surface area contributed by atoms with Crippen molar-refractivity contribution in [1.29, 1.82) is 0 Å². The van der Waals surface area contributed by atoms with Crippen molar-refractivity contribution < 1.29 is 63.6 Å². The first kappa shape index (κ1) is 31.4. The first-order valence-corrected chi connectivity index (χ1v) is 13.2. The van der Waals surface area contributed by atoms with Crippen molar-refractivity contribution in [3.63, 3.8) is 0 Å². The summed E-state index contributed by atoms with van der Waals surface area (Å²) < 4.78 is 153. The van der Waals surface area contributed by atoms with Crippen LogP contribution in [-0.4, -0.2) is 12.4 Å². The molecule has 2 aromatic carbocycles. The van der Waals surface area contributed by atoms with E-state index >= 15 is 0 Å². The minimum atomic E-state index is -5.13. The van der Waals surface area contributed by atoms with Crippen LogP contribution in [0.1, 0.15) is 22.3 Å². The van der Waals surface area contributed by atoms with Crippen LogP contribution in [-0.2, 0) is 35.6 Å². The average molecular weight is 699 g/mol. The number of halogens is 14. The number of aliphatic imine (C=N–C) groups is 2. The van der Waals surface area contributed by atoms with Gasteiger partial charge in [-0.15, -0.1) is 0 Å². The van der Waals surface area contributed by atoms with Crippen molar-refractivity contribution in [3.8, 4) is 0 Å². The second kappa shape index (κ2) is 12.1. The van der Waals surface area contributed by atoms with Crippen LogP contribution < -0.4 is 0 Å². The molecule has 0 fully saturated rings. The Morgan fingerprint density at radius 1 is 0.486 bits per heavy atom. The molecule has 0 atom stereocenters. The molecule has 0 saturated carbocycles. The van der Waals surface area contributed by atoms with Gasteiger partial charge in [0.05, 0.1) is 33.6 Å². The van der Waals surface area contributed by atoms with Gasteiger partial charge in [0.25, 0.3) is 0 Å². The van der Waals surface area contributed by atoms with Crippen molar-refractivity contribution in [3.05, 3.63) is 58.7 Å². The zero-order valence-corrected chi connectivity index (χ0v) is 20.3. The van der Waals surface area contributed by atoms with Crippen LogP contribution in [0.25, 0.3) is 0 Å². The summed E-state index contributed by atoms with van der Waals surface area (Å²) in [6.07, 6.45) is -19.5. The number of rotatable bonds is 3. The van der Waals surface area contributed by atoms with Crippen molar-refractivity contribution in [2.75, 3.05) is 0 Å². The molecule has 198 valence electrons. The van der Waals surface area contributed by atoms with Crippen molar-refractivity contribution in [2.45, 2.75) is 24.7 Å². The molecule has 0 spiro atoms. The van der Waals surface area contributed by atoms with E-state index in [1.807, 2.05) is 0 Å². The van der Waals surface area contributed by atoms with Gasteiger partial charge in [-0.25, -0.2) is 0 Å². The van der Waals surface area contributed by atoms with Gasteiger partial charge >= 0.3 is 64.1 Å². The predicted octanol–water partition coefficient (Wildman–Crippen LogP) is 9.56. The molecule has 0 unspecified atom stereocenters. The fourth-order valence-electron chi connectivity index (χ4n) is 2.26. The van der Waals surface area contributed by atoms with Gasteiger partial charge in [0.2, 0.25) is 0 Å². The molecule has 0 aliphatic rings. The molecule has 0 saturated heterocycles. The number of nitrogens with zero attached hydrogens (tertiary/aromatic N) is 2. The third-order valence-electron chi connectivity index (χ3n) is 3.66. The number of benzene rings is 2. The average Bonchev–Trinajstić information content (AvgIpc) is 2.69. The first-order valence-electron chi connectivity index (χ1n) is 8.27. The molecule has 2 rings (SSSR count). The van der Waals surface area contributed by atoms with Crippen LogP contribution in [0.15, 0.2) is 46.4 Å². The number of hydrogen-bond acceptors (Lipinski definition) is 2. The van der Waals surface area contributed by atoms with Gasteiger partial charge in [0, 0.05) is 12.4 Å². The summed E-state index contributed by atoms with van der Waals surface area (Å²) >= 11 is 6.00. The summed E-state index contributed by atoms with van der Waals surface area (Å²) in [6, 6.07) is 0.789. The normalized spacial score (nSPS) is 13.4. The Labute approximate surface area is 208 Å². The topological polar surface area (TPSA) is 24.7 Å². The van der Waals surface area contributed by atoms with Gasteiger partial charge in [-0.1, -0.05) is 0 Å². The van der Waals surface area contributed by atoms with Crippen LogP contribution >= 0.6 is 28.5 Å². The molecule has 0 N–H and O–H groups in total. The van der Waals surface area contributed by atoms with Crippen LogP contribution in [0, 0.1) is 0 Å². The second-order valence-electron chi connectivity index (χ2n) is 6.13. The van der Waals surface area contributed by atoms with Gasteiger partial charge < -0.3 is 0 Å². The van der Waals surface area contributed by atoms with E-state index < -0.39 is 58.3 Å². The molecule has 35 heavy (non-hydrogen) atoms. The summed E-state index contributed by atoms with van der Waals surface area (Å²) in [4.78, 5) is 6.59. The molecule has 0 aliphatic carbocycles. The van der Waals surface area contributed by atoms with E-state index in [2.05, 4.69) is 38.4 Å². The van der Waals surface area contributed by atoms with Crippen molar-refractivity contribution >= 4 is 52.3 Å². The maximum atomic E-state index is 12.8. The van der Waals surface area contributed by atoms with E-state index in [0.29, 0.717) is 12.4 Å². The fourth-order valence-corrected chi connectivity index (χ4v) is 2.26. The molecule has 0 amide bonds. The maximum absolute atomic E-state index is 12.8. The Morgan fingerprint density at radius 2 is 0.686 bits per heavy atom. The van der Waals surface area contributed by atoms with Gasteiger partial charge in [0.15, 0.2) is 0 Å². The molecular weight excluding hydrogens is 691 g/mol. The molecular formula is C18H8Br2F12N2Ni. The van der Waals surface area contributed by atoms with E-state index in [0.717, 1.165) is 0 Å². The van der Waals surface area contributed by atoms with Gasteiger partial charge in [-0.05, 0) is 36.4 Å². The molecule has 0 aliphatic heterocycles. The van der Waals surface area contributed by atoms with E-state index in [4.69, 9.17) is 0 Å². The van der Waals surface area contributed by atoms with Crippen LogP contribution in [0.5, 0.6) is 0 Å². The van der Waals surface area contributed by atoms with E-state index in [1.165, 1.54) is 10.9 Å². The monoisotopic (exact) mass is 696 g/mol. The summed E-state index contributed by atoms with van der Waals surface area (Å²) in [7, 11) is 1.25. The van der Waals surface area contributed by atoms with Crippen LogP contribution in [0.3, 0.4) is 0 Å². The number of hydrogen-bond donors (Lipinski definition) is 0. The van der Waals surface area contributed by atoms with Crippen LogP contribution in [0.2, 0.25) is 0 Å². The van der Waals surface area contributed by atoms with E-state index in [-0.39, 0.29) is 36.4 Å². The fraction of sp³-hybridized carbons (Fsp3) is 0.222. The van der Waals surface area contributed by atoms with Gasteiger partial charge in [-0.3, -0.25) is 9.98 Å². The molecule has 0 radical (unpaired) electrons. The minimum absolute atomic E-state index is 0.144. The molecule has 0 bridgehead atoms. The summed E-state index contributed by atoms with van der Waals surface area (Å²) in [5.41, 5.74) is -8.29. The molecule has 17 heteroatoms. The Kier molecular flexibility index (Phi) is 10.9. The standard InChI is InChI=1S/C18H8F12N2.2BrH.Ni/c19-15(20,21)9-3-10(16(22,23)24)6-13(5-9)31-1-2-32-14-7-11(17(25,26)27)4-12(8-14)18(28,29)30;;;/h1-8H;2*1H;/q;;;+2/p-2. The zero-order chi connectivity index (χ0) is 27.2. The van der Waals surface area contributed by atoms with Gasteiger partial charge in [-0.2, -0.15) is 52.7 Å². The third kappa shape index (κ3) is 10.5. The molecule has 2 nitrogen and oxygen atoms in total. The molecule has 2 aromatic rings. The predicted molar refractivity (Wildman–Crippen MR) is 107 cm³/mol. The molecule has 0 aromatic heterocycles. The Balaban J connectivity index is 0.00000194. The Hall–Kier alpha value is -1.61. The van der Waals surface area contributed by atoms with Crippen LogP contribution in [0.4, 0.5) is 64.1 Å². The summed E-state index contributed by atoms with van der Waals surface area (Å²) in [5, 5.41) is 0.